The number of hydrogen-bond donors (Lipinski definition) is 1. The Morgan fingerprint density at radius 3 is 2.24 bits per heavy atom. The van der Waals surface area contributed by atoms with Gasteiger partial charge >= 0.3 is 0 Å². The largest absolute Gasteiger partial charge is 0.352 e. The van der Waals surface area contributed by atoms with E-state index in [2.05, 4.69) is 52.4 Å². The average Bonchev–Trinajstić information content (AvgIpc) is 3.42. The number of hydrogen-bond acceptors (Lipinski definition) is 3. The molecule has 37 heavy (non-hydrogen) atoms. The molecule has 1 saturated carbocycles. The van der Waals surface area contributed by atoms with Gasteiger partial charge in [-0.2, -0.15) is 0 Å². The minimum absolute atomic E-state index is 0.0115. The lowest BCUT2D eigenvalue weighted by Gasteiger charge is -2.32. The van der Waals surface area contributed by atoms with Crippen LogP contribution in [-0.2, 0) is 28.3 Å². The Morgan fingerprint density at radius 1 is 0.919 bits per heavy atom. The lowest BCUT2D eigenvalue weighted by atomic mass is 10.0. The molecule has 0 radical (unpaired) electrons. The Bertz CT molecular complexity index is 1150. The maximum Gasteiger partial charge on any atom is 0.243 e. The minimum atomic E-state index is -0.570. The van der Waals surface area contributed by atoms with E-state index in [0.717, 1.165) is 47.0 Å². The first-order chi connectivity index (χ1) is 18.0. The highest BCUT2D eigenvalue weighted by atomic mass is 79.9. The molecule has 1 aliphatic carbocycles. The number of halogens is 1. The molecule has 0 heterocycles. The number of nitrogens with one attached hydrogen (secondary N) is 1. The molecule has 1 aliphatic rings. The van der Waals surface area contributed by atoms with Gasteiger partial charge < -0.3 is 10.2 Å². The third kappa shape index (κ3) is 8.47. The Hall–Kier alpha value is -2.57. The quantitative estimate of drug-likeness (QED) is 0.276. The number of amides is 2. The molecule has 0 aromatic heterocycles. The SMILES string of the molecule is Cc1ccc(CSCC(=O)N(Cc2ccc(Br)cc2)C(Cc2ccccc2)C(=O)NC2CCCC2)cc1. The standard InChI is InChI=1S/C31H35BrN2O2S/c1-23-11-13-26(14-12-23)21-37-22-30(35)34(20-25-15-17-27(32)18-16-25)29(19-24-7-3-2-4-8-24)31(36)33-28-9-5-6-10-28/h2-4,7-8,11-18,28-29H,5-6,9-10,19-22H2,1H3,(H,33,36). The van der Waals surface area contributed by atoms with Gasteiger partial charge in [0, 0.05) is 29.2 Å². The third-order valence-electron chi connectivity index (χ3n) is 6.85. The van der Waals surface area contributed by atoms with E-state index in [4.69, 9.17) is 0 Å². The summed E-state index contributed by atoms with van der Waals surface area (Å²) in [5, 5.41) is 3.27. The van der Waals surface area contributed by atoms with Gasteiger partial charge in [-0.25, -0.2) is 0 Å². The molecule has 0 saturated heterocycles. The fourth-order valence-corrected chi connectivity index (χ4v) is 5.87. The van der Waals surface area contributed by atoms with E-state index in [1.165, 1.54) is 11.1 Å². The molecular formula is C31H35BrN2O2S. The molecule has 3 aromatic carbocycles. The van der Waals surface area contributed by atoms with E-state index in [9.17, 15) is 9.59 Å². The van der Waals surface area contributed by atoms with Crippen LogP contribution in [0.5, 0.6) is 0 Å². The fraction of sp³-hybridized carbons (Fsp3) is 0.355. The van der Waals surface area contributed by atoms with Crippen molar-refractivity contribution >= 4 is 39.5 Å². The van der Waals surface area contributed by atoms with Crippen molar-refractivity contribution in [3.8, 4) is 0 Å². The first-order valence-corrected chi connectivity index (χ1v) is 14.9. The second kappa shape index (κ2) is 13.8. The summed E-state index contributed by atoms with van der Waals surface area (Å²) in [4.78, 5) is 29.2. The summed E-state index contributed by atoms with van der Waals surface area (Å²) in [5.41, 5.74) is 4.48. The van der Waals surface area contributed by atoms with Crippen molar-refractivity contribution in [2.24, 2.45) is 0 Å². The third-order valence-corrected chi connectivity index (χ3v) is 8.37. The van der Waals surface area contributed by atoms with Gasteiger partial charge in [0.25, 0.3) is 0 Å². The predicted octanol–water partition coefficient (Wildman–Crippen LogP) is 6.69. The Morgan fingerprint density at radius 2 is 1.57 bits per heavy atom. The number of thioether (sulfide) groups is 1. The number of aryl methyl sites for hydroxylation is 1. The molecule has 1 unspecified atom stereocenters. The number of benzene rings is 3. The van der Waals surface area contributed by atoms with Crippen LogP contribution >= 0.6 is 27.7 Å². The molecule has 1 fully saturated rings. The molecule has 0 bridgehead atoms. The van der Waals surface area contributed by atoms with Crippen molar-refractivity contribution in [1.29, 1.82) is 0 Å². The van der Waals surface area contributed by atoms with Crippen LogP contribution in [0.25, 0.3) is 0 Å². The summed E-state index contributed by atoms with van der Waals surface area (Å²) in [6, 6.07) is 26.0. The van der Waals surface area contributed by atoms with Gasteiger partial charge in [-0.3, -0.25) is 9.59 Å². The summed E-state index contributed by atoms with van der Waals surface area (Å²) in [6.45, 7) is 2.47. The summed E-state index contributed by atoms with van der Waals surface area (Å²) in [7, 11) is 0. The van der Waals surface area contributed by atoms with Crippen LogP contribution in [0.3, 0.4) is 0 Å². The highest BCUT2D eigenvalue weighted by molar-refractivity contribution is 9.10. The van der Waals surface area contributed by atoms with Crippen LogP contribution in [-0.4, -0.2) is 34.6 Å². The number of carbonyl (C=O) groups excluding carboxylic acids is 2. The van der Waals surface area contributed by atoms with E-state index in [1.54, 1.807) is 16.7 Å². The highest BCUT2D eigenvalue weighted by Crippen LogP contribution is 2.22. The van der Waals surface area contributed by atoms with Crippen LogP contribution in [0.4, 0.5) is 0 Å². The van der Waals surface area contributed by atoms with Crippen LogP contribution in [0.2, 0.25) is 0 Å². The van der Waals surface area contributed by atoms with Crippen LogP contribution in [0.1, 0.15) is 47.9 Å². The first kappa shape index (κ1) is 27.5. The molecule has 4 nitrogen and oxygen atoms in total. The summed E-state index contributed by atoms with van der Waals surface area (Å²) < 4.78 is 0.989. The maximum absolute atomic E-state index is 13.7. The van der Waals surface area contributed by atoms with Gasteiger partial charge in [0.2, 0.25) is 11.8 Å². The molecule has 1 N–H and O–H groups in total. The average molecular weight is 580 g/mol. The Kier molecular flexibility index (Phi) is 10.3. The lowest BCUT2D eigenvalue weighted by Crippen LogP contribution is -2.52. The minimum Gasteiger partial charge on any atom is -0.352 e. The van der Waals surface area contributed by atoms with E-state index < -0.39 is 6.04 Å². The van der Waals surface area contributed by atoms with Crippen molar-refractivity contribution in [2.75, 3.05) is 5.75 Å². The van der Waals surface area contributed by atoms with Gasteiger partial charge in [0.15, 0.2) is 0 Å². The van der Waals surface area contributed by atoms with Crippen LogP contribution in [0.15, 0.2) is 83.3 Å². The number of carbonyl (C=O) groups is 2. The van der Waals surface area contributed by atoms with Crippen molar-refractivity contribution in [2.45, 2.75) is 63.4 Å². The molecule has 194 valence electrons. The second-order valence-corrected chi connectivity index (χ2v) is 11.7. The van der Waals surface area contributed by atoms with Gasteiger partial charge in [-0.15, -0.1) is 11.8 Å². The molecule has 2 amide bonds. The zero-order valence-corrected chi connectivity index (χ0v) is 23.8. The van der Waals surface area contributed by atoms with E-state index in [1.807, 2.05) is 54.6 Å². The molecule has 0 spiro atoms. The van der Waals surface area contributed by atoms with Crippen molar-refractivity contribution < 1.29 is 9.59 Å². The van der Waals surface area contributed by atoms with Crippen molar-refractivity contribution in [3.63, 3.8) is 0 Å². The summed E-state index contributed by atoms with van der Waals surface area (Å²) >= 11 is 5.10. The van der Waals surface area contributed by atoms with Gasteiger partial charge in [0.05, 0.1) is 5.75 Å². The molecular weight excluding hydrogens is 544 g/mol. The molecule has 4 rings (SSSR count). The fourth-order valence-electron chi connectivity index (χ4n) is 4.73. The van der Waals surface area contributed by atoms with E-state index >= 15 is 0 Å². The van der Waals surface area contributed by atoms with Gasteiger partial charge in [0.1, 0.15) is 6.04 Å². The van der Waals surface area contributed by atoms with E-state index in [-0.39, 0.29) is 17.9 Å². The van der Waals surface area contributed by atoms with Gasteiger partial charge in [-0.05, 0) is 48.6 Å². The highest BCUT2D eigenvalue weighted by Gasteiger charge is 2.32. The summed E-state index contributed by atoms with van der Waals surface area (Å²) in [5.74, 6) is 1.02. The van der Waals surface area contributed by atoms with Gasteiger partial charge in [-0.1, -0.05) is 101 Å². The Balaban J connectivity index is 1.55. The number of rotatable bonds is 11. The smallest absolute Gasteiger partial charge is 0.243 e. The molecule has 1 atom stereocenters. The predicted molar refractivity (Wildman–Crippen MR) is 156 cm³/mol. The Labute approximate surface area is 233 Å². The second-order valence-electron chi connectivity index (χ2n) is 9.82. The normalized spacial score (nSPS) is 14.3. The van der Waals surface area contributed by atoms with Crippen LogP contribution < -0.4 is 5.32 Å². The van der Waals surface area contributed by atoms with Crippen molar-refractivity contribution in [1.82, 2.24) is 10.2 Å². The first-order valence-electron chi connectivity index (χ1n) is 13.0. The lowest BCUT2D eigenvalue weighted by molar-refractivity contribution is -0.139. The van der Waals surface area contributed by atoms with Crippen LogP contribution in [0, 0.1) is 6.92 Å². The molecule has 0 aliphatic heterocycles. The molecule has 6 heteroatoms. The van der Waals surface area contributed by atoms with Crippen molar-refractivity contribution in [3.05, 3.63) is 106 Å². The summed E-state index contributed by atoms with van der Waals surface area (Å²) in [6.07, 6.45) is 4.80. The number of nitrogens with zero attached hydrogens (tertiary/aromatic N) is 1. The van der Waals surface area contributed by atoms with E-state index in [0.29, 0.717) is 18.7 Å². The maximum atomic E-state index is 13.7. The topological polar surface area (TPSA) is 49.4 Å². The zero-order chi connectivity index (χ0) is 26.0. The zero-order valence-electron chi connectivity index (χ0n) is 21.4. The monoisotopic (exact) mass is 578 g/mol. The molecule has 3 aromatic rings.